The Labute approximate surface area is 227 Å². The zero-order chi connectivity index (χ0) is 26.1. The molecule has 0 spiro atoms. The zero-order valence-corrected chi connectivity index (χ0v) is 22.0. The van der Waals surface area contributed by atoms with Crippen LogP contribution < -0.4 is 15.8 Å². The van der Waals surface area contributed by atoms with Gasteiger partial charge in [0.2, 0.25) is 0 Å². The molecule has 6 nitrogen and oxygen atoms in total. The first-order chi connectivity index (χ1) is 18.6. The summed E-state index contributed by atoms with van der Waals surface area (Å²) in [6, 6.07) is 29.6. The van der Waals surface area contributed by atoms with Crippen LogP contribution in [0.25, 0.3) is 43.9 Å². The van der Waals surface area contributed by atoms with E-state index < -0.39 is 0 Å². The number of pyridine rings is 1. The number of hydrogen-bond donors (Lipinski definition) is 2. The molecule has 186 valence electrons. The van der Waals surface area contributed by atoms with Crippen molar-refractivity contribution in [3.05, 3.63) is 101 Å². The number of thiazole rings is 1. The number of carbonyl (C=O) groups excluding carboxylic acids is 1. The van der Waals surface area contributed by atoms with Crippen molar-refractivity contribution >= 4 is 49.6 Å². The predicted octanol–water partition coefficient (Wildman–Crippen LogP) is 7.60. The van der Waals surface area contributed by atoms with E-state index >= 15 is 0 Å². The first kappa shape index (κ1) is 23.8. The van der Waals surface area contributed by atoms with Crippen LogP contribution >= 0.6 is 22.7 Å². The molecule has 8 heteroatoms. The molecule has 0 fully saturated rings. The molecular weight excluding hydrogens is 512 g/mol. The smallest absolute Gasteiger partial charge is 0.269 e. The van der Waals surface area contributed by atoms with Crippen molar-refractivity contribution in [2.45, 2.75) is 0 Å². The number of benzene rings is 3. The van der Waals surface area contributed by atoms with E-state index in [4.69, 9.17) is 15.5 Å². The van der Waals surface area contributed by atoms with Gasteiger partial charge in [-0.2, -0.15) is 0 Å². The number of nitrogens with zero attached hydrogens (tertiary/aromatic N) is 2. The number of rotatable bonds is 6. The van der Waals surface area contributed by atoms with E-state index in [2.05, 4.69) is 10.3 Å². The summed E-state index contributed by atoms with van der Waals surface area (Å²) >= 11 is 2.66. The van der Waals surface area contributed by atoms with E-state index in [1.165, 1.54) is 22.7 Å². The fourth-order valence-corrected chi connectivity index (χ4v) is 6.00. The Kier molecular flexibility index (Phi) is 6.33. The number of methoxy groups -OCH3 is 1. The van der Waals surface area contributed by atoms with Gasteiger partial charge >= 0.3 is 0 Å². The van der Waals surface area contributed by atoms with Crippen molar-refractivity contribution < 1.29 is 9.53 Å². The first-order valence-electron chi connectivity index (χ1n) is 11.9. The third-order valence-electron chi connectivity index (χ3n) is 6.17. The molecule has 0 aliphatic carbocycles. The molecule has 3 aromatic carbocycles. The minimum atomic E-state index is -0.301. The van der Waals surface area contributed by atoms with E-state index in [1.807, 2.05) is 96.4 Å². The summed E-state index contributed by atoms with van der Waals surface area (Å²) in [5.41, 5.74) is 12.5. The molecule has 0 aliphatic rings. The Balaban J connectivity index is 1.41. The van der Waals surface area contributed by atoms with E-state index in [0.717, 1.165) is 44.8 Å². The monoisotopic (exact) mass is 534 g/mol. The number of fused-ring (bicyclic) bond motifs is 1. The maximum atomic E-state index is 13.4. The minimum Gasteiger partial charge on any atom is -0.497 e. The number of carbonyl (C=O) groups is 1. The number of nitrogen functional groups attached to an aromatic ring is 1. The van der Waals surface area contributed by atoms with Gasteiger partial charge in [-0.05, 0) is 41.5 Å². The first-order valence-corrected chi connectivity index (χ1v) is 13.6. The van der Waals surface area contributed by atoms with Crippen LogP contribution in [0.4, 0.5) is 10.8 Å². The van der Waals surface area contributed by atoms with Crippen LogP contribution in [0.3, 0.4) is 0 Å². The fourth-order valence-electron chi connectivity index (χ4n) is 4.27. The summed E-state index contributed by atoms with van der Waals surface area (Å²) in [7, 11) is 1.64. The molecular formula is C30H22N4O2S2. The average molecular weight is 535 g/mol. The molecule has 0 bridgehead atoms. The van der Waals surface area contributed by atoms with E-state index in [9.17, 15) is 4.79 Å². The number of aromatic nitrogens is 2. The molecule has 0 radical (unpaired) electrons. The van der Waals surface area contributed by atoms with E-state index in [1.54, 1.807) is 7.11 Å². The Hall–Kier alpha value is -4.53. The molecule has 3 heterocycles. The Morgan fingerprint density at radius 3 is 2.18 bits per heavy atom. The van der Waals surface area contributed by atoms with Crippen LogP contribution in [0.2, 0.25) is 0 Å². The molecule has 0 saturated heterocycles. The SMILES string of the molecule is COc1ccc(-c2cc(-c3ccccc3)c3c(N)c(C(=O)Nc4nc(-c5ccccc5)cs4)sc3n2)cc1. The Morgan fingerprint density at radius 2 is 1.50 bits per heavy atom. The molecule has 1 amide bonds. The number of anilines is 2. The van der Waals surface area contributed by atoms with Gasteiger partial charge < -0.3 is 10.5 Å². The average Bonchev–Trinajstić information content (AvgIpc) is 3.58. The number of nitrogens with one attached hydrogen (secondary N) is 1. The second-order valence-corrected chi connectivity index (χ2v) is 10.4. The number of ether oxygens (including phenoxy) is 1. The minimum absolute atomic E-state index is 0.301. The van der Waals surface area contributed by atoms with Crippen molar-refractivity contribution in [3.63, 3.8) is 0 Å². The molecule has 3 aromatic heterocycles. The van der Waals surface area contributed by atoms with Gasteiger partial charge in [0, 0.05) is 21.9 Å². The van der Waals surface area contributed by atoms with Crippen LogP contribution in [0.15, 0.2) is 96.4 Å². The summed E-state index contributed by atoms with van der Waals surface area (Å²) < 4.78 is 5.31. The topological polar surface area (TPSA) is 90.1 Å². The second-order valence-electron chi connectivity index (χ2n) is 8.53. The maximum Gasteiger partial charge on any atom is 0.269 e. The standard InChI is InChI=1S/C30H22N4O2S2/c1-36-21-14-12-20(13-15-21)23-16-22(18-8-4-2-5-9-18)25-26(31)27(38-29(25)32-23)28(35)34-30-33-24(17-37-30)19-10-6-3-7-11-19/h2-17H,31H2,1H3,(H,33,34,35). The summed E-state index contributed by atoms with van der Waals surface area (Å²) in [6.07, 6.45) is 0. The molecule has 0 saturated carbocycles. The van der Waals surface area contributed by atoms with Crippen LogP contribution in [-0.2, 0) is 0 Å². The van der Waals surface area contributed by atoms with Gasteiger partial charge in [0.15, 0.2) is 5.13 Å². The van der Waals surface area contributed by atoms with Gasteiger partial charge in [0.25, 0.3) is 5.91 Å². The number of amides is 1. The Morgan fingerprint density at radius 1 is 0.842 bits per heavy atom. The lowest BCUT2D eigenvalue weighted by molar-refractivity contribution is 0.103. The van der Waals surface area contributed by atoms with Crippen molar-refractivity contribution in [1.29, 1.82) is 0 Å². The highest BCUT2D eigenvalue weighted by Gasteiger charge is 2.22. The van der Waals surface area contributed by atoms with E-state index in [0.29, 0.717) is 20.5 Å². The van der Waals surface area contributed by atoms with Crippen LogP contribution in [0.5, 0.6) is 5.75 Å². The summed E-state index contributed by atoms with van der Waals surface area (Å²) in [5.74, 6) is 0.472. The summed E-state index contributed by atoms with van der Waals surface area (Å²) in [5, 5.41) is 6.14. The number of nitrogens with two attached hydrogens (primary N) is 1. The normalized spacial score (nSPS) is 11.0. The fraction of sp³-hybridized carbons (Fsp3) is 0.0333. The Bertz CT molecular complexity index is 1740. The second kappa shape index (κ2) is 10.1. The molecule has 3 N–H and O–H groups in total. The lowest BCUT2D eigenvalue weighted by atomic mass is 9.99. The van der Waals surface area contributed by atoms with Gasteiger partial charge in [0.05, 0.1) is 24.2 Å². The number of hydrogen-bond acceptors (Lipinski definition) is 7. The highest BCUT2D eigenvalue weighted by Crippen LogP contribution is 2.41. The summed E-state index contributed by atoms with van der Waals surface area (Å²) in [4.78, 5) is 24.0. The molecule has 6 aromatic rings. The van der Waals surface area contributed by atoms with Crippen molar-refractivity contribution in [1.82, 2.24) is 9.97 Å². The van der Waals surface area contributed by atoms with Gasteiger partial charge in [-0.1, -0.05) is 60.7 Å². The highest BCUT2D eigenvalue weighted by molar-refractivity contribution is 7.21. The number of thiophene rings is 1. The van der Waals surface area contributed by atoms with E-state index in [-0.39, 0.29) is 5.91 Å². The molecule has 6 rings (SSSR count). The van der Waals surface area contributed by atoms with Crippen LogP contribution in [-0.4, -0.2) is 23.0 Å². The third kappa shape index (κ3) is 4.51. The van der Waals surface area contributed by atoms with Crippen LogP contribution in [0.1, 0.15) is 9.67 Å². The maximum absolute atomic E-state index is 13.4. The molecule has 38 heavy (non-hydrogen) atoms. The molecule has 0 aliphatic heterocycles. The summed E-state index contributed by atoms with van der Waals surface area (Å²) in [6.45, 7) is 0. The predicted molar refractivity (Wildman–Crippen MR) is 157 cm³/mol. The molecule has 0 unspecified atom stereocenters. The largest absolute Gasteiger partial charge is 0.497 e. The lowest BCUT2D eigenvalue weighted by Crippen LogP contribution is -2.11. The van der Waals surface area contributed by atoms with Crippen molar-refractivity contribution in [2.75, 3.05) is 18.2 Å². The van der Waals surface area contributed by atoms with Gasteiger partial charge in [-0.15, -0.1) is 22.7 Å². The third-order valence-corrected chi connectivity index (χ3v) is 8.03. The quantitative estimate of drug-likeness (QED) is 0.230. The highest BCUT2D eigenvalue weighted by atomic mass is 32.1. The van der Waals surface area contributed by atoms with Gasteiger partial charge in [0.1, 0.15) is 15.5 Å². The van der Waals surface area contributed by atoms with Crippen molar-refractivity contribution in [2.24, 2.45) is 0 Å². The molecule has 0 atom stereocenters. The lowest BCUT2D eigenvalue weighted by Gasteiger charge is -2.09. The van der Waals surface area contributed by atoms with Crippen molar-refractivity contribution in [3.8, 4) is 39.4 Å². The van der Waals surface area contributed by atoms with Gasteiger partial charge in [-0.25, -0.2) is 9.97 Å². The zero-order valence-electron chi connectivity index (χ0n) is 20.3. The van der Waals surface area contributed by atoms with Crippen LogP contribution in [0, 0.1) is 0 Å². The van der Waals surface area contributed by atoms with Gasteiger partial charge in [-0.3, -0.25) is 10.1 Å².